The van der Waals surface area contributed by atoms with E-state index in [1.165, 1.54) is 0 Å². The molecule has 2 unspecified atom stereocenters. The van der Waals surface area contributed by atoms with Crippen molar-refractivity contribution in [2.45, 2.75) is 89.0 Å². The summed E-state index contributed by atoms with van der Waals surface area (Å²) in [6, 6.07) is 10.1. The first-order valence-electron chi connectivity index (χ1n) is 12.0. The van der Waals surface area contributed by atoms with Crippen LogP contribution < -0.4 is 10.6 Å². The van der Waals surface area contributed by atoms with E-state index >= 15 is 0 Å². The molecule has 0 radical (unpaired) electrons. The molecule has 0 heterocycles. The van der Waals surface area contributed by atoms with E-state index in [1.807, 2.05) is 30.3 Å². The zero-order valence-corrected chi connectivity index (χ0v) is 19.8. The van der Waals surface area contributed by atoms with Crippen LogP contribution in [0.5, 0.6) is 0 Å². The molecule has 4 bridgehead atoms. The van der Waals surface area contributed by atoms with Gasteiger partial charge in [-0.1, -0.05) is 30.3 Å². The number of carbonyl (C=O) groups is 2. The van der Waals surface area contributed by atoms with E-state index < -0.39 is 34.8 Å². The first-order chi connectivity index (χ1) is 15.5. The summed E-state index contributed by atoms with van der Waals surface area (Å²) >= 11 is 0. The van der Waals surface area contributed by atoms with Crippen molar-refractivity contribution in [3.05, 3.63) is 35.9 Å². The van der Waals surface area contributed by atoms with Gasteiger partial charge in [0, 0.05) is 11.8 Å². The van der Waals surface area contributed by atoms with Crippen molar-refractivity contribution >= 4 is 12.0 Å². The molecular weight excluding hydrogens is 418 g/mol. The third kappa shape index (κ3) is 5.33. The minimum atomic E-state index is -0.864. The minimum Gasteiger partial charge on any atom is -0.444 e. The van der Waals surface area contributed by atoms with Gasteiger partial charge in [-0.25, -0.2) is 4.79 Å². The molecule has 4 aliphatic carbocycles. The molecule has 0 saturated heterocycles. The Morgan fingerprint density at radius 2 is 1.79 bits per heavy atom. The average molecular weight is 454 g/mol. The number of nitrogens with zero attached hydrogens (tertiary/aromatic N) is 1. The van der Waals surface area contributed by atoms with E-state index in [-0.39, 0.29) is 5.91 Å². The number of carbonyl (C=O) groups excluding carboxylic acids is 2. The first-order valence-corrected chi connectivity index (χ1v) is 12.0. The first kappa shape index (κ1) is 23.6. The molecule has 4 saturated carbocycles. The van der Waals surface area contributed by atoms with Crippen LogP contribution in [0.4, 0.5) is 4.79 Å². The topological polar surface area (TPSA) is 111 Å². The summed E-state index contributed by atoms with van der Waals surface area (Å²) in [7, 11) is 0. The lowest BCUT2D eigenvalue weighted by Gasteiger charge is -2.61. The zero-order valence-electron chi connectivity index (χ0n) is 19.8. The van der Waals surface area contributed by atoms with Gasteiger partial charge in [0.1, 0.15) is 17.7 Å². The molecular formula is C26H35N3O4. The lowest BCUT2D eigenvalue weighted by atomic mass is 9.46. The Bertz CT molecular complexity index is 919. The summed E-state index contributed by atoms with van der Waals surface area (Å²) in [5, 5.41) is 26.6. The summed E-state index contributed by atoms with van der Waals surface area (Å²) in [4.78, 5) is 26.4. The van der Waals surface area contributed by atoms with Gasteiger partial charge in [0.25, 0.3) is 0 Å². The van der Waals surface area contributed by atoms with Crippen LogP contribution in [-0.4, -0.2) is 40.4 Å². The van der Waals surface area contributed by atoms with Crippen molar-refractivity contribution in [2.24, 2.45) is 17.3 Å². The van der Waals surface area contributed by atoms with Crippen LogP contribution >= 0.6 is 0 Å². The number of nitrogens with one attached hydrogen (secondary N) is 2. The fourth-order valence-corrected chi connectivity index (χ4v) is 6.78. The summed E-state index contributed by atoms with van der Waals surface area (Å²) in [5.41, 5.74) is -1.07. The Balaban J connectivity index is 1.57. The predicted octanol–water partition coefficient (Wildman–Crippen LogP) is 3.46. The van der Waals surface area contributed by atoms with Crippen LogP contribution in [0, 0.1) is 28.6 Å². The van der Waals surface area contributed by atoms with Gasteiger partial charge in [0.15, 0.2) is 0 Å². The summed E-state index contributed by atoms with van der Waals surface area (Å²) in [5.74, 6) is 0.319. The largest absolute Gasteiger partial charge is 0.444 e. The van der Waals surface area contributed by atoms with Crippen LogP contribution in [0.3, 0.4) is 0 Å². The molecule has 5 rings (SSSR count). The van der Waals surface area contributed by atoms with E-state index in [1.54, 1.807) is 20.8 Å². The number of benzene rings is 1. The monoisotopic (exact) mass is 453 g/mol. The molecule has 33 heavy (non-hydrogen) atoms. The number of hydrogen-bond acceptors (Lipinski definition) is 5. The highest BCUT2D eigenvalue weighted by molar-refractivity contribution is 5.87. The molecule has 7 heteroatoms. The van der Waals surface area contributed by atoms with Crippen molar-refractivity contribution in [3.63, 3.8) is 0 Å². The second-order valence-corrected chi connectivity index (χ2v) is 11.5. The van der Waals surface area contributed by atoms with E-state index in [0.717, 1.165) is 37.7 Å². The van der Waals surface area contributed by atoms with Crippen molar-refractivity contribution in [3.8, 4) is 6.07 Å². The Hall–Kier alpha value is -2.59. The Labute approximate surface area is 195 Å². The second-order valence-electron chi connectivity index (χ2n) is 11.5. The number of ether oxygens (including phenoxy) is 1. The van der Waals surface area contributed by atoms with E-state index in [0.29, 0.717) is 24.7 Å². The predicted molar refractivity (Wildman–Crippen MR) is 123 cm³/mol. The number of rotatable bonds is 6. The van der Waals surface area contributed by atoms with Gasteiger partial charge in [0.05, 0.1) is 11.7 Å². The van der Waals surface area contributed by atoms with E-state index in [4.69, 9.17) is 4.74 Å². The highest BCUT2D eigenvalue weighted by atomic mass is 16.6. The maximum absolute atomic E-state index is 13.6. The van der Waals surface area contributed by atoms with Gasteiger partial charge < -0.3 is 20.5 Å². The van der Waals surface area contributed by atoms with Gasteiger partial charge in [-0.2, -0.15) is 5.26 Å². The summed E-state index contributed by atoms with van der Waals surface area (Å²) in [6.07, 6.45) is 4.38. The molecule has 2 amide bonds. The lowest BCUT2D eigenvalue weighted by Crippen LogP contribution is -2.66. The molecule has 4 atom stereocenters. The fourth-order valence-electron chi connectivity index (χ4n) is 6.78. The quantitative estimate of drug-likeness (QED) is 0.611. The van der Waals surface area contributed by atoms with Gasteiger partial charge >= 0.3 is 6.09 Å². The van der Waals surface area contributed by atoms with Crippen molar-refractivity contribution < 1.29 is 19.4 Å². The maximum Gasteiger partial charge on any atom is 0.408 e. The van der Waals surface area contributed by atoms with Gasteiger partial charge in [-0.15, -0.1) is 0 Å². The Morgan fingerprint density at radius 1 is 1.15 bits per heavy atom. The number of alkyl carbamates (subject to hydrolysis) is 1. The molecule has 0 aromatic heterocycles. The molecule has 4 aliphatic rings. The molecule has 0 spiro atoms. The highest BCUT2D eigenvalue weighted by Crippen LogP contribution is 2.62. The zero-order chi connectivity index (χ0) is 23.9. The van der Waals surface area contributed by atoms with Crippen molar-refractivity contribution in [1.82, 2.24) is 10.6 Å². The number of amides is 2. The van der Waals surface area contributed by atoms with Crippen LogP contribution in [0.2, 0.25) is 0 Å². The minimum absolute atomic E-state index is 0.350. The third-order valence-corrected chi connectivity index (χ3v) is 7.37. The molecule has 1 aromatic carbocycles. The second kappa shape index (κ2) is 8.64. The summed E-state index contributed by atoms with van der Waals surface area (Å²) < 4.78 is 5.48. The van der Waals surface area contributed by atoms with Crippen LogP contribution in [-0.2, 0) is 16.0 Å². The summed E-state index contributed by atoms with van der Waals surface area (Å²) in [6.45, 7) is 5.34. The van der Waals surface area contributed by atoms with Crippen LogP contribution in [0.15, 0.2) is 30.3 Å². The highest BCUT2D eigenvalue weighted by Gasteiger charge is 2.61. The molecule has 3 N–H and O–H groups in total. The SMILES string of the molecule is CC(C)(C)OC(=O)N[C@H](C(=O)N[C@@H](C#N)Cc1ccccc1)C12CC3CC(CC(O)(C3)C1)C2. The number of nitriles is 1. The normalized spacial score (nSPS) is 31.8. The van der Waals surface area contributed by atoms with E-state index in [9.17, 15) is 20.0 Å². The van der Waals surface area contributed by atoms with Crippen molar-refractivity contribution in [2.75, 3.05) is 0 Å². The lowest BCUT2D eigenvalue weighted by molar-refractivity contribution is -0.176. The van der Waals surface area contributed by atoms with E-state index in [2.05, 4.69) is 16.7 Å². The Morgan fingerprint density at radius 3 is 2.33 bits per heavy atom. The van der Waals surface area contributed by atoms with Gasteiger partial charge in [0.2, 0.25) is 5.91 Å². The average Bonchev–Trinajstić information content (AvgIpc) is 2.69. The molecule has 7 nitrogen and oxygen atoms in total. The number of aliphatic hydroxyl groups is 1. The molecule has 1 aromatic rings. The maximum atomic E-state index is 13.6. The van der Waals surface area contributed by atoms with Crippen LogP contribution in [0.1, 0.15) is 64.9 Å². The Kier molecular flexibility index (Phi) is 6.17. The molecule has 178 valence electrons. The van der Waals surface area contributed by atoms with Crippen LogP contribution in [0.25, 0.3) is 0 Å². The number of hydrogen-bond donors (Lipinski definition) is 3. The fraction of sp³-hybridized carbons (Fsp3) is 0.654. The smallest absolute Gasteiger partial charge is 0.408 e. The molecule has 4 fully saturated rings. The van der Waals surface area contributed by atoms with Gasteiger partial charge in [-0.05, 0) is 76.7 Å². The van der Waals surface area contributed by atoms with Gasteiger partial charge in [-0.3, -0.25) is 4.79 Å². The standard InChI is InChI=1S/C26H35N3O4/c1-24(2,3)33-23(31)29-21(22(30)28-20(15-27)10-17-7-5-4-6-8-17)25-11-18-9-19(12-25)14-26(32,13-18)16-25/h4-8,18-21,32H,9-14,16H2,1-3H3,(H,28,30)(H,29,31)/t18?,19?,20-,21-,25?,26?/m1/s1. The third-order valence-electron chi connectivity index (χ3n) is 7.37. The molecule has 0 aliphatic heterocycles. The van der Waals surface area contributed by atoms with Crippen molar-refractivity contribution in [1.29, 1.82) is 5.26 Å².